The molecule has 0 aliphatic heterocycles. The summed E-state index contributed by atoms with van der Waals surface area (Å²) in [4.78, 5) is 26.7. The van der Waals surface area contributed by atoms with Crippen molar-refractivity contribution < 1.29 is 14.0 Å². The van der Waals surface area contributed by atoms with Crippen LogP contribution < -0.4 is 10.6 Å². The SMILES string of the molecule is CNC(=O)c1ccc(CNC(=O)c2cccc(F)n2)cc1. The Morgan fingerprint density at radius 3 is 2.43 bits per heavy atom. The topological polar surface area (TPSA) is 71.1 Å². The fourth-order valence-corrected chi connectivity index (χ4v) is 1.73. The van der Waals surface area contributed by atoms with Crippen LogP contribution in [0, 0.1) is 5.95 Å². The molecule has 0 spiro atoms. The van der Waals surface area contributed by atoms with Crippen molar-refractivity contribution in [1.82, 2.24) is 15.6 Å². The zero-order chi connectivity index (χ0) is 15.2. The highest BCUT2D eigenvalue weighted by Gasteiger charge is 2.08. The van der Waals surface area contributed by atoms with Gasteiger partial charge in [0.2, 0.25) is 5.95 Å². The van der Waals surface area contributed by atoms with Gasteiger partial charge in [-0.1, -0.05) is 18.2 Å². The van der Waals surface area contributed by atoms with Gasteiger partial charge in [0.05, 0.1) is 0 Å². The van der Waals surface area contributed by atoms with Crippen LogP contribution in [0.5, 0.6) is 0 Å². The number of aromatic nitrogens is 1. The second-order valence-corrected chi connectivity index (χ2v) is 4.30. The predicted octanol–water partition coefficient (Wildman–Crippen LogP) is 1.51. The van der Waals surface area contributed by atoms with Gasteiger partial charge in [-0.2, -0.15) is 4.39 Å². The number of carbonyl (C=O) groups is 2. The molecule has 0 aliphatic carbocycles. The molecule has 0 fully saturated rings. The first-order valence-corrected chi connectivity index (χ1v) is 6.32. The van der Waals surface area contributed by atoms with E-state index in [1.807, 2.05) is 0 Å². The molecule has 2 aromatic rings. The van der Waals surface area contributed by atoms with Crippen molar-refractivity contribution in [2.24, 2.45) is 0 Å². The van der Waals surface area contributed by atoms with Gasteiger partial charge in [-0.25, -0.2) is 4.98 Å². The Bertz CT molecular complexity index is 656. The number of benzene rings is 1. The number of amides is 2. The highest BCUT2D eigenvalue weighted by molar-refractivity contribution is 5.94. The molecule has 108 valence electrons. The summed E-state index contributed by atoms with van der Waals surface area (Å²) in [5.41, 5.74) is 1.39. The molecule has 1 heterocycles. The lowest BCUT2D eigenvalue weighted by Gasteiger charge is -2.06. The maximum Gasteiger partial charge on any atom is 0.270 e. The van der Waals surface area contributed by atoms with Gasteiger partial charge >= 0.3 is 0 Å². The number of nitrogens with zero attached hydrogens (tertiary/aromatic N) is 1. The summed E-state index contributed by atoms with van der Waals surface area (Å²) in [6.45, 7) is 0.269. The van der Waals surface area contributed by atoms with Crippen molar-refractivity contribution in [3.05, 3.63) is 65.2 Å². The molecule has 0 saturated carbocycles. The van der Waals surface area contributed by atoms with E-state index in [-0.39, 0.29) is 18.1 Å². The Morgan fingerprint density at radius 1 is 1.10 bits per heavy atom. The van der Waals surface area contributed by atoms with Crippen molar-refractivity contribution in [2.75, 3.05) is 7.05 Å². The number of nitrogens with one attached hydrogen (secondary N) is 2. The molecule has 0 radical (unpaired) electrons. The van der Waals surface area contributed by atoms with Crippen LogP contribution in [0.15, 0.2) is 42.5 Å². The van der Waals surface area contributed by atoms with Crippen LogP contribution in [0.25, 0.3) is 0 Å². The van der Waals surface area contributed by atoms with Crippen LogP contribution in [0.2, 0.25) is 0 Å². The molecule has 1 aromatic heterocycles. The summed E-state index contributed by atoms with van der Waals surface area (Å²) in [7, 11) is 1.56. The minimum absolute atomic E-state index is 0.0250. The monoisotopic (exact) mass is 287 g/mol. The third-order valence-corrected chi connectivity index (χ3v) is 2.84. The molecule has 0 aliphatic rings. The Labute approximate surface area is 121 Å². The van der Waals surface area contributed by atoms with Crippen LogP contribution in [0.4, 0.5) is 4.39 Å². The van der Waals surface area contributed by atoms with Gasteiger partial charge < -0.3 is 10.6 Å². The molecule has 0 bridgehead atoms. The molecular formula is C15H14FN3O2. The summed E-state index contributed by atoms with van der Waals surface area (Å²) in [6.07, 6.45) is 0. The smallest absolute Gasteiger partial charge is 0.270 e. The lowest BCUT2D eigenvalue weighted by molar-refractivity contribution is 0.0941. The average Bonchev–Trinajstić information content (AvgIpc) is 2.52. The van der Waals surface area contributed by atoms with E-state index in [2.05, 4.69) is 15.6 Å². The molecule has 2 amide bonds. The number of hydrogen-bond acceptors (Lipinski definition) is 3. The van der Waals surface area contributed by atoms with E-state index >= 15 is 0 Å². The number of rotatable bonds is 4. The quantitative estimate of drug-likeness (QED) is 0.837. The lowest BCUT2D eigenvalue weighted by atomic mass is 10.1. The van der Waals surface area contributed by atoms with Gasteiger partial charge in [0.15, 0.2) is 0 Å². The first kappa shape index (κ1) is 14.6. The number of halogens is 1. The van der Waals surface area contributed by atoms with Gasteiger partial charge in [-0.05, 0) is 29.8 Å². The molecule has 1 aromatic carbocycles. The highest BCUT2D eigenvalue weighted by Crippen LogP contribution is 2.05. The zero-order valence-electron chi connectivity index (χ0n) is 11.4. The van der Waals surface area contributed by atoms with Crippen molar-refractivity contribution in [3.8, 4) is 0 Å². The average molecular weight is 287 g/mol. The van der Waals surface area contributed by atoms with Gasteiger partial charge in [-0.15, -0.1) is 0 Å². The maximum absolute atomic E-state index is 12.9. The Balaban J connectivity index is 1.97. The second-order valence-electron chi connectivity index (χ2n) is 4.30. The minimum atomic E-state index is -0.697. The third kappa shape index (κ3) is 3.85. The summed E-state index contributed by atoms with van der Waals surface area (Å²) < 4.78 is 12.9. The Kier molecular flexibility index (Phi) is 4.61. The van der Waals surface area contributed by atoms with Crippen molar-refractivity contribution >= 4 is 11.8 Å². The molecule has 2 N–H and O–H groups in total. The Morgan fingerprint density at radius 2 is 1.81 bits per heavy atom. The van der Waals surface area contributed by atoms with E-state index in [0.29, 0.717) is 5.56 Å². The highest BCUT2D eigenvalue weighted by atomic mass is 19.1. The third-order valence-electron chi connectivity index (χ3n) is 2.84. The summed E-state index contributed by atoms with van der Waals surface area (Å²) in [5.74, 6) is -1.32. The molecule has 0 saturated heterocycles. The molecular weight excluding hydrogens is 273 g/mol. The van der Waals surface area contributed by atoms with E-state index < -0.39 is 11.9 Å². The molecule has 21 heavy (non-hydrogen) atoms. The van der Waals surface area contributed by atoms with Crippen LogP contribution in [0.1, 0.15) is 26.4 Å². The van der Waals surface area contributed by atoms with Crippen molar-refractivity contribution in [3.63, 3.8) is 0 Å². The second kappa shape index (κ2) is 6.60. The van der Waals surface area contributed by atoms with Gasteiger partial charge in [0.25, 0.3) is 11.8 Å². The fraction of sp³-hybridized carbons (Fsp3) is 0.133. The van der Waals surface area contributed by atoms with Crippen LogP contribution in [0.3, 0.4) is 0 Å². The van der Waals surface area contributed by atoms with Crippen LogP contribution >= 0.6 is 0 Å². The van der Waals surface area contributed by atoms with E-state index in [9.17, 15) is 14.0 Å². The normalized spacial score (nSPS) is 10.0. The molecule has 6 heteroatoms. The molecule has 0 unspecified atom stereocenters. The van der Waals surface area contributed by atoms with E-state index in [4.69, 9.17) is 0 Å². The minimum Gasteiger partial charge on any atom is -0.355 e. The van der Waals surface area contributed by atoms with Crippen LogP contribution in [-0.2, 0) is 6.54 Å². The molecule has 2 rings (SSSR count). The first-order chi connectivity index (χ1) is 10.1. The fourth-order valence-electron chi connectivity index (χ4n) is 1.73. The van der Waals surface area contributed by atoms with Gasteiger partial charge in [0, 0.05) is 19.2 Å². The number of hydrogen-bond donors (Lipinski definition) is 2. The van der Waals surface area contributed by atoms with Gasteiger partial charge in [0.1, 0.15) is 5.69 Å². The van der Waals surface area contributed by atoms with Crippen molar-refractivity contribution in [1.29, 1.82) is 0 Å². The van der Waals surface area contributed by atoms with Crippen LogP contribution in [-0.4, -0.2) is 23.8 Å². The summed E-state index contributed by atoms with van der Waals surface area (Å²) in [5, 5.41) is 5.16. The largest absolute Gasteiger partial charge is 0.355 e. The predicted molar refractivity (Wildman–Crippen MR) is 75.2 cm³/mol. The lowest BCUT2D eigenvalue weighted by Crippen LogP contribution is -2.24. The standard InChI is InChI=1S/C15H14FN3O2/c1-17-14(20)11-7-5-10(6-8-11)9-18-15(21)12-3-2-4-13(16)19-12/h2-8H,9H2,1H3,(H,17,20)(H,18,21). The first-order valence-electron chi connectivity index (χ1n) is 6.32. The Hall–Kier alpha value is -2.76. The van der Waals surface area contributed by atoms with Gasteiger partial charge in [-0.3, -0.25) is 9.59 Å². The summed E-state index contributed by atoms with van der Waals surface area (Å²) in [6, 6.07) is 10.9. The van der Waals surface area contributed by atoms with Crippen molar-refractivity contribution in [2.45, 2.75) is 6.54 Å². The van der Waals surface area contributed by atoms with E-state index in [0.717, 1.165) is 5.56 Å². The number of carbonyl (C=O) groups excluding carboxylic acids is 2. The maximum atomic E-state index is 12.9. The molecule has 5 nitrogen and oxygen atoms in total. The summed E-state index contributed by atoms with van der Waals surface area (Å²) >= 11 is 0. The van der Waals surface area contributed by atoms with E-state index in [1.165, 1.54) is 18.2 Å². The van der Waals surface area contributed by atoms with E-state index in [1.54, 1.807) is 31.3 Å². The number of pyridine rings is 1. The molecule has 0 atom stereocenters. The zero-order valence-corrected chi connectivity index (χ0v) is 11.4.